The molecule has 0 saturated carbocycles. The van der Waals surface area contributed by atoms with Gasteiger partial charge in [-0.1, -0.05) is 6.92 Å². The van der Waals surface area contributed by atoms with Gasteiger partial charge in [0.25, 0.3) is 5.56 Å². The number of halogens is 1. The standard InChI is InChI=1S/C15H19FN6O/c1-2-11-12(16)13(20-9-19-11)21-10-4-3-7-22(8-10)14-15(23)18-6-5-17-14/h5-6,9-10H,2-4,7-8H2,1H3,(H,18,23)(H,19,20,21)/t10-/m1/s1. The van der Waals surface area contributed by atoms with Crippen molar-refractivity contribution < 1.29 is 4.39 Å². The molecular weight excluding hydrogens is 299 g/mol. The van der Waals surface area contributed by atoms with Crippen molar-refractivity contribution in [3.05, 3.63) is 40.6 Å². The minimum Gasteiger partial charge on any atom is -0.363 e. The van der Waals surface area contributed by atoms with Crippen molar-refractivity contribution in [2.24, 2.45) is 0 Å². The van der Waals surface area contributed by atoms with Crippen molar-refractivity contribution in [1.29, 1.82) is 0 Å². The number of piperidine rings is 1. The lowest BCUT2D eigenvalue weighted by atomic mass is 10.1. The van der Waals surface area contributed by atoms with Crippen molar-refractivity contribution in [2.75, 3.05) is 23.3 Å². The number of aromatic amines is 1. The Hall–Kier alpha value is -2.51. The Morgan fingerprint density at radius 1 is 1.43 bits per heavy atom. The number of aromatic nitrogens is 4. The van der Waals surface area contributed by atoms with Crippen LogP contribution in [0.15, 0.2) is 23.5 Å². The molecule has 3 rings (SSSR count). The van der Waals surface area contributed by atoms with Crippen molar-refractivity contribution in [1.82, 2.24) is 19.9 Å². The zero-order chi connectivity index (χ0) is 16.2. The zero-order valence-corrected chi connectivity index (χ0v) is 12.9. The number of aryl methyl sites for hydroxylation is 1. The summed E-state index contributed by atoms with van der Waals surface area (Å²) in [5.74, 6) is 0.220. The molecule has 0 aromatic carbocycles. The maximum atomic E-state index is 14.2. The lowest BCUT2D eigenvalue weighted by molar-refractivity contribution is 0.517. The fourth-order valence-electron chi connectivity index (χ4n) is 2.80. The summed E-state index contributed by atoms with van der Waals surface area (Å²) in [6.07, 6.45) is 6.73. The van der Waals surface area contributed by atoms with Crippen LogP contribution in [0.4, 0.5) is 16.0 Å². The highest BCUT2D eigenvalue weighted by Crippen LogP contribution is 2.20. The second-order valence-electron chi connectivity index (χ2n) is 5.51. The molecule has 0 amide bonds. The van der Waals surface area contributed by atoms with Crippen LogP contribution in [-0.4, -0.2) is 39.1 Å². The first-order chi connectivity index (χ1) is 11.2. The van der Waals surface area contributed by atoms with Crippen LogP contribution in [0.25, 0.3) is 0 Å². The molecule has 2 aromatic heterocycles. The highest BCUT2D eigenvalue weighted by molar-refractivity contribution is 5.41. The highest BCUT2D eigenvalue weighted by Gasteiger charge is 2.24. The van der Waals surface area contributed by atoms with Gasteiger partial charge in [0, 0.05) is 31.5 Å². The number of nitrogens with zero attached hydrogens (tertiary/aromatic N) is 4. The fourth-order valence-corrected chi connectivity index (χ4v) is 2.80. The largest absolute Gasteiger partial charge is 0.363 e. The summed E-state index contributed by atoms with van der Waals surface area (Å²) < 4.78 is 14.2. The van der Waals surface area contributed by atoms with E-state index in [9.17, 15) is 9.18 Å². The molecule has 1 atom stereocenters. The van der Waals surface area contributed by atoms with Crippen LogP contribution >= 0.6 is 0 Å². The van der Waals surface area contributed by atoms with Crippen LogP contribution < -0.4 is 15.8 Å². The fraction of sp³-hybridized carbons (Fsp3) is 0.467. The lowest BCUT2D eigenvalue weighted by Crippen LogP contribution is -2.44. The number of hydrogen-bond donors (Lipinski definition) is 2. The summed E-state index contributed by atoms with van der Waals surface area (Å²) >= 11 is 0. The molecule has 2 N–H and O–H groups in total. The molecule has 7 nitrogen and oxygen atoms in total. The Labute approximate surface area is 133 Å². The van der Waals surface area contributed by atoms with Gasteiger partial charge in [0.05, 0.1) is 5.69 Å². The van der Waals surface area contributed by atoms with Gasteiger partial charge in [-0.05, 0) is 19.3 Å². The second kappa shape index (κ2) is 6.72. The van der Waals surface area contributed by atoms with Crippen LogP contribution in [-0.2, 0) is 6.42 Å². The van der Waals surface area contributed by atoms with Gasteiger partial charge in [0.1, 0.15) is 6.33 Å². The molecule has 122 valence electrons. The Bertz CT molecular complexity index is 734. The Balaban J connectivity index is 1.75. The Kier molecular flexibility index (Phi) is 4.50. The monoisotopic (exact) mass is 318 g/mol. The number of H-pyrrole nitrogens is 1. The van der Waals surface area contributed by atoms with Gasteiger partial charge in [-0.3, -0.25) is 4.79 Å². The van der Waals surface area contributed by atoms with Gasteiger partial charge >= 0.3 is 0 Å². The molecule has 1 saturated heterocycles. The maximum absolute atomic E-state index is 14.2. The van der Waals surface area contributed by atoms with E-state index in [2.05, 4.69) is 25.3 Å². The molecule has 23 heavy (non-hydrogen) atoms. The van der Waals surface area contributed by atoms with Gasteiger partial charge in [0.15, 0.2) is 17.5 Å². The zero-order valence-electron chi connectivity index (χ0n) is 12.9. The van der Waals surface area contributed by atoms with E-state index in [4.69, 9.17) is 0 Å². The first-order valence-corrected chi connectivity index (χ1v) is 7.73. The van der Waals surface area contributed by atoms with E-state index in [-0.39, 0.29) is 17.4 Å². The summed E-state index contributed by atoms with van der Waals surface area (Å²) in [5.41, 5.74) is 0.186. The van der Waals surface area contributed by atoms with Crippen molar-refractivity contribution in [3.63, 3.8) is 0 Å². The molecule has 2 aromatic rings. The van der Waals surface area contributed by atoms with Crippen molar-refractivity contribution >= 4 is 11.6 Å². The number of anilines is 2. The van der Waals surface area contributed by atoms with E-state index in [0.717, 1.165) is 19.4 Å². The predicted octanol–water partition coefficient (Wildman–Crippen LogP) is 1.34. The van der Waals surface area contributed by atoms with E-state index in [1.54, 1.807) is 6.20 Å². The summed E-state index contributed by atoms with van der Waals surface area (Å²) in [4.78, 5) is 28.5. The summed E-state index contributed by atoms with van der Waals surface area (Å²) in [7, 11) is 0. The summed E-state index contributed by atoms with van der Waals surface area (Å²) in [6.45, 7) is 3.18. The van der Waals surface area contributed by atoms with E-state index in [1.807, 2.05) is 11.8 Å². The number of rotatable bonds is 4. The predicted molar refractivity (Wildman–Crippen MR) is 85.1 cm³/mol. The normalized spacial score (nSPS) is 18.0. The average molecular weight is 318 g/mol. The van der Waals surface area contributed by atoms with Crippen LogP contribution in [0, 0.1) is 5.82 Å². The smallest absolute Gasteiger partial charge is 0.290 e. The van der Waals surface area contributed by atoms with E-state index in [0.29, 0.717) is 24.5 Å². The topological polar surface area (TPSA) is 86.8 Å². The molecule has 1 aliphatic heterocycles. The molecule has 1 aliphatic rings. The van der Waals surface area contributed by atoms with E-state index >= 15 is 0 Å². The molecule has 3 heterocycles. The number of hydrogen-bond acceptors (Lipinski definition) is 6. The molecular formula is C15H19FN6O. The Morgan fingerprint density at radius 2 is 2.30 bits per heavy atom. The summed E-state index contributed by atoms with van der Waals surface area (Å²) in [5, 5.41) is 3.14. The minimum absolute atomic E-state index is 0.000683. The van der Waals surface area contributed by atoms with Crippen molar-refractivity contribution in [3.8, 4) is 0 Å². The molecule has 8 heteroatoms. The van der Waals surface area contributed by atoms with Gasteiger partial charge in [0.2, 0.25) is 0 Å². The van der Waals surface area contributed by atoms with Gasteiger partial charge in [-0.2, -0.15) is 0 Å². The van der Waals surface area contributed by atoms with Crippen LogP contribution in [0.5, 0.6) is 0 Å². The molecule has 1 fully saturated rings. The van der Waals surface area contributed by atoms with Crippen LogP contribution in [0.3, 0.4) is 0 Å². The first-order valence-electron chi connectivity index (χ1n) is 7.73. The third-order valence-corrected chi connectivity index (χ3v) is 3.95. The minimum atomic E-state index is -0.400. The van der Waals surface area contributed by atoms with Crippen LogP contribution in [0.1, 0.15) is 25.5 Å². The summed E-state index contributed by atoms with van der Waals surface area (Å²) in [6, 6.07) is -0.000683. The molecule has 0 radical (unpaired) electrons. The van der Waals surface area contributed by atoms with Crippen LogP contribution in [0.2, 0.25) is 0 Å². The third-order valence-electron chi connectivity index (χ3n) is 3.95. The lowest BCUT2D eigenvalue weighted by Gasteiger charge is -2.33. The molecule has 0 unspecified atom stereocenters. The quantitative estimate of drug-likeness (QED) is 0.885. The highest BCUT2D eigenvalue weighted by atomic mass is 19.1. The average Bonchev–Trinajstić information content (AvgIpc) is 2.57. The van der Waals surface area contributed by atoms with E-state index in [1.165, 1.54) is 12.5 Å². The molecule has 0 aliphatic carbocycles. The third kappa shape index (κ3) is 3.30. The van der Waals surface area contributed by atoms with Gasteiger partial charge in [-0.15, -0.1) is 0 Å². The van der Waals surface area contributed by atoms with E-state index < -0.39 is 5.82 Å². The van der Waals surface area contributed by atoms with Gasteiger partial charge < -0.3 is 15.2 Å². The second-order valence-corrected chi connectivity index (χ2v) is 5.51. The molecule has 0 bridgehead atoms. The Morgan fingerprint density at radius 3 is 3.09 bits per heavy atom. The SMILES string of the molecule is CCc1ncnc(N[C@@H]2CCCN(c3ncc[nH]c3=O)C2)c1F. The first kappa shape index (κ1) is 15.4. The molecule has 0 spiro atoms. The van der Waals surface area contributed by atoms with Crippen molar-refractivity contribution in [2.45, 2.75) is 32.2 Å². The maximum Gasteiger partial charge on any atom is 0.290 e. The van der Waals surface area contributed by atoms with Gasteiger partial charge in [-0.25, -0.2) is 19.3 Å². The number of nitrogens with one attached hydrogen (secondary N) is 2.